The molecule has 0 bridgehead atoms. The second-order valence-electron chi connectivity index (χ2n) is 4.14. The molecule has 0 spiro atoms. The fourth-order valence-electron chi connectivity index (χ4n) is 1.54. The summed E-state index contributed by atoms with van der Waals surface area (Å²) in [4.78, 5) is 10.7. The van der Waals surface area contributed by atoms with Crippen LogP contribution in [0.4, 0.5) is 22.0 Å². The van der Waals surface area contributed by atoms with Gasteiger partial charge in [0.1, 0.15) is 6.29 Å². The fourth-order valence-corrected chi connectivity index (χ4v) is 2.61. The summed E-state index contributed by atoms with van der Waals surface area (Å²) in [5.41, 5.74) is 0. The number of carbonyl (C=O) groups excluding carboxylic acids is 1. The minimum absolute atomic E-state index is 0.00996. The first kappa shape index (κ1) is 18.5. The van der Waals surface area contributed by atoms with Gasteiger partial charge < -0.3 is 14.3 Å². The van der Waals surface area contributed by atoms with Crippen LogP contribution < -0.4 is 9.47 Å². The minimum Gasteiger partial charge on any atom is -0.493 e. The molecule has 1 atom stereocenters. The van der Waals surface area contributed by atoms with Crippen molar-refractivity contribution in [3.8, 4) is 11.5 Å². The standard InChI is InChI=1S/C13H13F5O3S/c1-20-11-6-9(2-3-10(11)21-12(14)15)22-7-8(4-5-19)13(16,17)18/h2-3,5-6,8,12H,4,7H2,1H3. The predicted octanol–water partition coefficient (Wildman–Crippen LogP) is 4.16. The summed E-state index contributed by atoms with van der Waals surface area (Å²) in [5, 5.41) is 0. The van der Waals surface area contributed by atoms with E-state index in [4.69, 9.17) is 4.74 Å². The molecule has 0 aliphatic carbocycles. The second kappa shape index (κ2) is 8.21. The van der Waals surface area contributed by atoms with E-state index in [9.17, 15) is 26.7 Å². The van der Waals surface area contributed by atoms with Crippen LogP contribution in [0, 0.1) is 5.92 Å². The molecule has 1 aromatic rings. The predicted molar refractivity (Wildman–Crippen MR) is 70.6 cm³/mol. The second-order valence-corrected chi connectivity index (χ2v) is 5.24. The van der Waals surface area contributed by atoms with Crippen molar-refractivity contribution in [3.63, 3.8) is 0 Å². The molecular formula is C13H13F5O3S. The highest BCUT2D eigenvalue weighted by atomic mass is 32.2. The van der Waals surface area contributed by atoms with Gasteiger partial charge in [0.25, 0.3) is 0 Å². The first-order valence-corrected chi connectivity index (χ1v) is 7.02. The van der Waals surface area contributed by atoms with Gasteiger partial charge in [-0.1, -0.05) is 0 Å². The zero-order chi connectivity index (χ0) is 16.8. The van der Waals surface area contributed by atoms with Gasteiger partial charge in [-0.05, 0) is 18.2 Å². The number of carbonyl (C=O) groups is 1. The van der Waals surface area contributed by atoms with Gasteiger partial charge in [0.2, 0.25) is 0 Å². The molecule has 124 valence electrons. The van der Waals surface area contributed by atoms with E-state index in [2.05, 4.69) is 4.74 Å². The Morgan fingerprint density at radius 1 is 1.27 bits per heavy atom. The Morgan fingerprint density at radius 2 is 1.95 bits per heavy atom. The van der Waals surface area contributed by atoms with Crippen LogP contribution in [0.1, 0.15) is 6.42 Å². The number of aldehydes is 1. The molecule has 0 saturated heterocycles. The van der Waals surface area contributed by atoms with Gasteiger partial charge in [0.05, 0.1) is 13.0 Å². The zero-order valence-corrected chi connectivity index (χ0v) is 12.2. The molecule has 9 heteroatoms. The third kappa shape index (κ3) is 5.70. The summed E-state index contributed by atoms with van der Waals surface area (Å²) in [5.74, 6) is -2.34. The first-order chi connectivity index (χ1) is 10.3. The smallest absolute Gasteiger partial charge is 0.393 e. The molecule has 22 heavy (non-hydrogen) atoms. The van der Waals surface area contributed by atoms with Gasteiger partial charge in [-0.25, -0.2) is 0 Å². The quantitative estimate of drug-likeness (QED) is 0.403. The lowest BCUT2D eigenvalue weighted by Crippen LogP contribution is -2.25. The molecule has 1 rings (SSSR count). The summed E-state index contributed by atoms with van der Waals surface area (Å²) >= 11 is 0.851. The van der Waals surface area contributed by atoms with E-state index in [1.165, 1.54) is 25.3 Å². The molecule has 0 fully saturated rings. The first-order valence-electron chi connectivity index (χ1n) is 6.04. The Kier molecular flexibility index (Phi) is 6.92. The number of halogens is 5. The molecule has 0 amide bonds. The Hall–Kier alpha value is -1.51. The summed E-state index contributed by atoms with van der Waals surface area (Å²) in [6.07, 6.45) is -4.88. The average molecular weight is 344 g/mol. The lowest BCUT2D eigenvalue weighted by Gasteiger charge is -2.18. The number of hydrogen-bond acceptors (Lipinski definition) is 4. The van der Waals surface area contributed by atoms with E-state index < -0.39 is 25.1 Å². The largest absolute Gasteiger partial charge is 0.493 e. The highest BCUT2D eigenvalue weighted by molar-refractivity contribution is 7.99. The summed E-state index contributed by atoms with van der Waals surface area (Å²) in [7, 11) is 1.23. The van der Waals surface area contributed by atoms with E-state index in [-0.39, 0.29) is 23.5 Å². The van der Waals surface area contributed by atoms with Crippen LogP contribution in [0.3, 0.4) is 0 Å². The lowest BCUT2D eigenvalue weighted by atomic mass is 10.1. The third-order valence-electron chi connectivity index (χ3n) is 2.65. The number of benzene rings is 1. The van der Waals surface area contributed by atoms with E-state index >= 15 is 0 Å². The average Bonchev–Trinajstić information content (AvgIpc) is 2.42. The zero-order valence-electron chi connectivity index (χ0n) is 11.4. The van der Waals surface area contributed by atoms with E-state index in [1.54, 1.807) is 0 Å². The normalized spacial score (nSPS) is 13.0. The Balaban J connectivity index is 2.79. The van der Waals surface area contributed by atoms with Crippen molar-refractivity contribution in [1.29, 1.82) is 0 Å². The molecule has 0 heterocycles. The van der Waals surface area contributed by atoms with E-state index in [0.29, 0.717) is 4.90 Å². The molecule has 1 unspecified atom stereocenters. The van der Waals surface area contributed by atoms with Gasteiger partial charge in [0, 0.05) is 17.1 Å². The summed E-state index contributed by atoms with van der Waals surface area (Å²) in [6, 6.07) is 3.84. The fraction of sp³-hybridized carbons (Fsp3) is 0.462. The molecule has 0 N–H and O–H groups in total. The molecule has 1 aromatic carbocycles. The van der Waals surface area contributed by atoms with Crippen LogP contribution in [0.5, 0.6) is 11.5 Å². The summed E-state index contributed by atoms with van der Waals surface area (Å²) in [6.45, 7) is -3.03. The van der Waals surface area contributed by atoms with Crippen LogP contribution in [-0.4, -0.2) is 31.9 Å². The van der Waals surface area contributed by atoms with Gasteiger partial charge in [-0.15, -0.1) is 11.8 Å². The van der Waals surface area contributed by atoms with Crippen molar-refractivity contribution < 1.29 is 36.2 Å². The lowest BCUT2D eigenvalue weighted by molar-refractivity contribution is -0.170. The van der Waals surface area contributed by atoms with Crippen LogP contribution in [0.15, 0.2) is 23.1 Å². The minimum atomic E-state index is -4.48. The molecule has 0 saturated carbocycles. The van der Waals surface area contributed by atoms with Crippen LogP contribution in [0.25, 0.3) is 0 Å². The monoisotopic (exact) mass is 344 g/mol. The van der Waals surface area contributed by atoms with Crippen molar-refractivity contribution in [1.82, 2.24) is 0 Å². The number of hydrogen-bond donors (Lipinski definition) is 0. The number of rotatable bonds is 8. The summed E-state index contributed by atoms with van der Waals surface area (Å²) < 4.78 is 71.4. The molecule has 0 radical (unpaired) electrons. The maximum atomic E-state index is 12.7. The van der Waals surface area contributed by atoms with Crippen LogP contribution >= 0.6 is 11.8 Å². The SMILES string of the molecule is COc1cc(SCC(CC=O)C(F)(F)F)ccc1OC(F)F. The van der Waals surface area contributed by atoms with Gasteiger partial charge >= 0.3 is 12.8 Å². The number of methoxy groups -OCH3 is 1. The molecular weight excluding hydrogens is 331 g/mol. The van der Waals surface area contributed by atoms with Gasteiger partial charge in [-0.2, -0.15) is 22.0 Å². The topological polar surface area (TPSA) is 35.5 Å². The van der Waals surface area contributed by atoms with Crippen molar-refractivity contribution in [3.05, 3.63) is 18.2 Å². The van der Waals surface area contributed by atoms with Crippen LogP contribution in [-0.2, 0) is 4.79 Å². The van der Waals surface area contributed by atoms with E-state index in [1.807, 2.05) is 0 Å². The van der Waals surface area contributed by atoms with Crippen molar-refractivity contribution >= 4 is 18.0 Å². The molecule has 3 nitrogen and oxygen atoms in total. The molecule has 0 aliphatic rings. The Bertz CT molecular complexity index is 493. The highest BCUT2D eigenvalue weighted by Gasteiger charge is 2.38. The third-order valence-corrected chi connectivity index (χ3v) is 3.80. The van der Waals surface area contributed by atoms with Gasteiger partial charge in [-0.3, -0.25) is 0 Å². The Morgan fingerprint density at radius 3 is 2.45 bits per heavy atom. The molecule has 0 aromatic heterocycles. The number of ether oxygens (including phenoxy) is 2. The van der Waals surface area contributed by atoms with Crippen molar-refractivity contribution in [2.75, 3.05) is 12.9 Å². The van der Waals surface area contributed by atoms with Gasteiger partial charge in [0.15, 0.2) is 11.5 Å². The van der Waals surface area contributed by atoms with Crippen molar-refractivity contribution in [2.24, 2.45) is 5.92 Å². The van der Waals surface area contributed by atoms with Crippen LogP contribution in [0.2, 0.25) is 0 Å². The Labute approximate surface area is 127 Å². The highest BCUT2D eigenvalue weighted by Crippen LogP contribution is 2.37. The van der Waals surface area contributed by atoms with Crippen molar-refractivity contribution in [2.45, 2.75) is 24.1 Å². The number of alkyl halides is 5. The van der Waals surface area contributed by atoms with E-state index in [0.717, 1.165) is 11.8 Å². The maximum absolute atomic E-state index is 12.7. The molecule has 0 aliphatic heterocycles. The maximum Gasteiger partial charge on any atom is 0.393 e. The number of thioether (sulfide) groups is 1.